The number of hydrogen-bond acceptors (Lipinski definition) is 6. The van der Waals surface area contributed by atoms with Gasteiger partial charge in [-0.05, 0) is 84.2 Å². The van der Waals surface area contributed by atoms with Crippen LogP contribution in [-0.4, -0.2) is 102 Å². The van der Waals surface area contributed by atoms with Gasteiger partial charge in [-0.2, -0.15) is 0 Å². The number of nitrogens with zero attached hydrogens (tertiary/aromatic N) is 3. The summed E-state index contributed by atoms with van der Waals surface area (Å²) < 4.78 is 20.4. The van der Waals surface area contributed by atoms with E-state index in [1.54, 1.807) is 0 Å². The zero-order valence-corrected chi connectivity index (χ0v) is 27.7. The molecule has 0 radical (unpaired) electrons. The summed E-state index contributed by atoms with van der Waals surface area (Å²) in [5.41, 5.74) is 0. The van der Waals surface area contributed by atoms with E-state index < -0.39 is 8.80 Å². The third-order valence-corrected chi connectivity index (χ3v) is 12.3. The summed E-state index contributed by atoms with van der Waals surface area (Å²) in [5, 5.41) is 0. The Labute approximate surface area is 250 Å². The number of piperidine rings is 3. The first-order valence-corrected chi connectivity index (χ1v) is 19.8. The molecule has 0 spiro atoms. The summed E-state index contributed by atoms with van der Waals surface area (Å²) in [7, 11) is -2.72. The lowest BCUT2D eigenvalue weighted by Gasteiger charge is -2.34. The molecule has 0 aromatic rings. The Balaban J connectivity index is 1.49. The zero-order chi connectivity index (χ0) is 28.0. The molecule has 0 aromatic carbocycles. The monoisotopic (exact) mass is 581 g/mol. The molecule has 3 heterocycles. The summed E-state index contributed by atoms with van der Waals surface area (Å²) in [6.07, 6.45) is 25.7. The number of hydrogen-bond donors (Lipinski definition) is 0. The highest BCUT2D eigenvalue weighted by atomic mass is 28.4. The van der Waals surface area contributed by atoms with Gasteiger partial charge in [-0.25, -0.2) is 0 Å². The maximum Gasteiger partial charge on any atom is 0.501 e. The van der Waals surface area contributed by atoms with Crippen LogP contribution in [-0.2, 0) is 13.3 Å². The highest BCUT2D eigenvalue weighted by Gasteiger charge is 2.41. The summed E-state index contributed by atoms with van der Waals surface area (Å²) in [6, 6.07) is 0.990. The van der Waals surface area contributed by atoms with Gasteiger partial charge < -0.3 is 28.0 Å². The van der Waals surface area contributed by atoms with Crippen LogP contribution in [0, 0.1) is 0 Å². The first kappa shape index (κ1) is 34.5. The highest BCUT2D eigenvalue weighted by molar-refractivity contribution is 6.60. The second kappa shape index (κ2) is 22.5. The van der Waals surface area contributed by atoms with E-state index in [-0.39, 0.29) is 0 Å². The largest absolute Gasteiger partial charge is 0.501 e. The summed E-state index contributed by atoms with van der Waals surface area (Å²) in [4.78, 5) is 7.76. The third kappa shape index (κ3) is 15.4. The van der Waals surface area contributed by atoms with E-state index in [2.05, 4.69) is 21.6 Å². The molecular formula is C33H67N3O3Si. The SMILES string of the molecule is CCCCCCCCCCCC[Si](OCCN1CCCCC1)(OCCN1CCCCC1)OCCN1CCCCC1. The van der Waals surface area contributed by atoms with Crippen LogP contribution in [0.3, 0.4) is 0 Å². The van der Waals surface area contributed by atoms with Crippen LogP contribution >= 0.6 is 0 Å². The molecule has 3 fully saturated rings. The molecule has 0 amide bonds. The minimum Gasteiger partial charge on any atom is -0.372 e. The first-order chi connectivity index (χ1) is 19.8. The van der Waals surface area contributed by atoms with Crippen molar-refractivity contribution in [3.63, 3.8) is 0 Å². The topological polar surface area (TPSA) is 37.4 Å². The van der Waals surface area contributed by atoms with Crippen molar-refractivity contribution in [2.24, 2.45) is 0 Å². The molecule has 6 nitrogen and oxygen atoms in total. The van der Waals surface area contributed by atoms with Crippen molar-refractivity contribution in [2.75, 3.05) is 78.7 Å². The fourth-order valence-electron chi connectivity index (χ4n) is 6.71. The van der Waals surface area contributed by atoms with Gasteiger partial charge in [-0.3, -0.25) is 0 Å². The molecule has 0 aliphatic carbocycles. The molecule has 0 N–H and O–H groups in total. The Hall–Kier alpha value is -0.0231. The smallest absolute Gasteiger partial charge is 0.372 e. The molecular weight excluding hydrogens is 514 g/mol. The average molecular weight is 582 g/mol. The van der Waals surface area contributed by atoms with Gasteiger partial charge in [0, 0.05) is 25.7 Å². The lowest BCUT2D eigenvalue weighted by Crippen LogP contribution is -2.50. The molecule has 236 valence electrons. The van der Waals surface area contributed by atoms with Crippen LogP contribution in [0.25, 0.3) is 0 Å². The molecule has 40 heavy (non-hydrogen) atoms. The van der Waals surface area contributed by atoms with Crippen LogP contribution in [0.1, 0.15) is 129 Å². The lowest BCUT2D eigenvalue weighted by molar-refractivity contribution is 0.0345. The fraction of sp³-hybridized carbons (Fsp3) is 1.00. The molecule has 0 saturated carbocycles. The van der Waals surface area contributed by atoms with Gasteiger partial charge in [0.05, 0.1) is 19.8 Å². The predicted molar refractivity (Wildman–Crippen MR) is 171 cm³/mol. The van der Waals surface area contributed by atoms with E-state index >= 15 is 0 Å². The van der Waals surface area contributed by atoms with Crippen LogP contribution in [0.5, 0.6) is 0 Å². The maximum absolute atomic E-state index is 6.81. The van der Waals surface area contributed by atoms with Crippen LogP contribution < -0.4 is 0 Å². The summed E-state index contributed by atoms with van der Waals surface area (Å²) >= 11 is 0. The van der Waals surface area contributed by atoms with Crippen molar-refractivity contribution in [3.05, 3.63) is 0 Å². The van der Waals surface area contributed by atoms with E-state index in [0.717, 1.165) is 45.5 Å². The fourth-order valence-corrected chi connectivity index (χ4v) is 9.28. The summed E-state index contributed by atoms with van der Waals surface area (Å²) in [6.45, 7) is 15.0. The molecule has 0 bridgehead atoms. The van der Waals surface area contributed by atoms with Crippen LogP contribution in [0.15, 0.2) is 0 Å². The van der Waals surface area contributed by atoms with Crippen molar-refractivity contribution >= 4 is 8.80 Å². The molecule has 3 saturated heterocycles. The second-order valence-electron chi connectivity index (χ2n) is 12.9. The van der Waals surface area contributed by atoms with Crippen molar-refractivity contribution in [1.82, 2.24) is 14.7 Å². The minimum atomic E-state index is -2.72. The van der Waals surface area contributed by atoms with Crippen LogP contribution in [0.2, 0.25) is 6.04 Å². The Morgan fingerprint density at radius 3 is 1.10 bits per heavy atom. The molecule has 0 unspecified atom stereocenters. The summed E-state index contributed by atoms with van der Waals surface area (Å²) in [5.74, 6) is 0. The standard InChI is InChI=1S/C33H67N3O3Si/c1-2-3-4-5-6-7-8-9-10-20-33-40(37-30-27-34-21-14-11-15-22-34,38-31-28-35-23-16-12-17-24-35)39-32-29-36-25-18-13-19-26-36/h2-33H2,1H3. The molecule has 0 aromatic heterocycles. The van der Waals surface area contributed by atoms with Gasteiger partial charge in [-0.15, -0.1) is 0 Å². The van der Waals surface area contributed by atoms with E-state index in [1.165, 1.54) is 161 Å². The van der Waals surface area contributed by atoms with Crippen molar-refractivity contribution in [2.45, 2.75) is 135 Å². The molecule has 3 rings (SSSR count). The second-order valence-corrected chi connectivity index (χ2v) is 15.6. The predicted octanol–water partition coefficient (Wildman–Crippen LogP) is 7.35. The normalized spacial score (nSPS) is 20.3. The Bertz CT molecular complexity index is 521. The van der Waals surface area contributed by atoms with E-state index in [9.17, 15) is 0 Å². The number of likely N-dealkylation sites (tertiary alicyclic amines) is 3. The van der Waals surface area contributed by atoms with E-state index in [0.29, 0.717) is 0 Å². The van der Waals surface area contributed by atoms with Crippen LogP contribution in [0.4, 0.5) is 0 Å². The lowest BCUT2D eigenvalue weighted by atomic mass is 10.1. The first-order valence-electron chi connectivity index (χ1n) is 17.9. The van der Waals surface area contributed by atoms with Crippen molar-refractivity contribution < 1.29 is 13.3 Å². The maximum atomic E-state index is 6.81. The number of rotatable bonds is 23. The molecule has 3 aliphatic rings. The highest BCUT2D eigenvalue weighted by Crippen LogP contribution is 2.23. The Morgan fingerprint density at radius 2 is 0.750 bits per heavy atom. The van der Waals surface area contributed by atoms with Crippen molar-refractivity contribution in [3.8, 4) is 0 Å². The molecule has 3 aliphatic heterocycles. The van der Waals surface area contributed by atoms with Gasteiger partial charge in [-0.1, -0.05) is 84.0 Å². The number of unbranched alkanes of at least 4 members (excludes halogenated alkanes) is 9. The van der Waals surface area contributed by atoms with Gasteiger partial charge in [0.1, 0.15) is 0 Å². The quantitative estimate of drug-likeness (QED) is 0.0927. The van der Waals surface area contributed by atoms with Gasteiger partial charge >= 0.3 is 8.80 Å². The molecule has 7 heteroatoms. The zero-order valence-electron chi connectivity index (χ0n) is 26.7. The van der Waals surface area contributed by atoms with Gasteiger partial charge in [0.15, 0.2) is 0 Å². The minimum absolute atomic E-state index is 0.761. The van der Waals surface area contributed by atoms with E-state index in [4.69, 9.17) is 13.3 Å². The van der Waals surface area contributed by atoms with E-state index in [1.807, 2.05) is 0 Å². The van der Waals surface area contributed by atoms with Gasteiger partial charge in [0.25, 0.3) is 0 Å². The Morgan fingerprint density at radius 1 is 0.425 bits per heavy atom. The average Bonchev–Trinajstić information content (AvgIpc) is 3.00. The molecule has 0 atom stereocenters. The third-order valence-electron chi connectivity index (χ3n) is 9.37. The Kier molecular flexibility index (Phi) is 19.4. The van der Waals surface area contributed by atoms with Crippen molar-refractivity contribution in [1.29, 1.82) is 0 Å². The van der Waals surface area contributed by atoms with Gasteiger partial charge in [0.2, 0.25) is 0 Å².